The van der Waals surface area contributed by atoms with Crippen LogP contribution >= 0.6 is 0 Å². The Morgan fingerprint density at radius 2 is 2.13 bits per heavy atom. The summed E-state index contributed by atoms with van der Waals surface area (Å²) in [6.07, 6.45) is 1.89. The molecule has 1 aromatic rings. The summed E-state index contributed by atoms with van der Waals surface area (Å²) in [6.45, 7) is 5.07. The van der Waals surface area contributed by atoms with Crippen molar-refractivity contribution < 1.29 is 14.3 Å². The maximum Gasteiger partial charge on any atom is 0.244 e. The third-order valence-electron chi connectivity index (χ3n) is 3.97. The van der Waals surface area contributed by atoms with E-state index in [2.05, 4.69) is 20.8 Å². The highest BCUT2D eigenvalue weighted by molar-refractivity contribution is 5.94. The smallest absolute Gasteiger partial charge is 0.244 e. The number of carbonyl (C=O) groups excluding carboxylic acids is 2. The van der Waals surface area contributed by atoms with Crippen molar-refractivity contribution in [3.8, 4) is 0 Å². The Hall–Kier alpha value is -1.93. The number of carbonyl (C=O) groups is 2. The van der Waals surface area contributed by atoms with E-state index >= 15 is 0 Å². The maximum atomic E-state index is 11.9. The van der Waals surface area contributed by atoms with Crippen molar-refractivity contribution in [1.82, 2.24) is 15.5 Å². The lowest BCUT2D eigenvalue weighted by atomic mass is 9.97. The van der Waals surface area contributed by atoms with Gasteiger partial charge in [-0.2, -0.15) is 5.10 Å². The Bertz CT molecular complexity index is 537. The molecule has 0 aromatic carbocycles. The largest absolute Gasteiger partial charge is 0.381 e. The molecule has 2 rings (SSSR count). The molecule has 128 valence electrons. The molecule has 0 radical (unpaired) electrons. The zero-order valence-corrected chi connectivity index (χ0v) is 13.6. The standard InChI is InChI=1S/C15H25N5O3/c1-9(2)14(16)15(22)17-8-13(21)18-12-7-11(19-20-12)10-3-5-23-6-4-10/h7,9-10,14H,3-6,8,16H2,1-2H3,(H,17,22)(H2,18,19,20,21)/t14-/m0/s1. The van der Waals surface area contributed by atoms with Crippen LogP contribution in [0.4, 0.5) is 5.82 Å². The first kappa shape index (κ1) is 17.4. The predicted octanol–water partition coefficient (Wildman–Crippen LogP) is 0.342. The number of aromatic amines is 1. The Kier molecular flexibility index (Phi) is 6.12. The van der Waals surface area contributed by atoms with E-state index in [9.17, 15) is 9.59 Å². The van der Waals surface area contributed by atoms with E-state index in [1.807, 2.05) is 19.9 Å². The number of anilines is 1. The zero-order chi connectivity index (χ0) is 16.8. The van der Waals surface area contributed by atoms with Gasteiger partial charge in [-0.1, -0.05) is 13.8 Å². The first-order valence-corrected chi connectivity index (χ1v) is 7.93. The molecule has 0 spiro atoms. The Morgan fingerprint density at radius 1 is 1.43 bits per heavy atom. The summed E-state index contributed by atoms with van der Waals surface area (Å²) in [4.78, 5) is 23.6. The minimum Gasteiger partial charge on any atom is -0.381 e. The molecular formula is C15H25N5O3. The molecule has 1 aromatic heterocycles. The van der Waals surface area contributed by atoms with Gasteiger partial charge in [0.15, 0.2) is 5.82 Å². The molecule has 0 aliphatic carbocycles. The lowest BCUT2D eigenvalue weighted by molar-refractivity contribution is -0.125. The van der Waals surface area contributed by atoms with Crippen LogP contribution in [0.5, 0.6) is 0 Å². The minimum atomic E-state index is -0.617. The highest BCUT2D eigenvalue weighted by Gasteiger charge is 2.20. The van der Waals surface area contributed by atoms with Crippen molar-refractivity contribution in [1.29, 1.82) is 0 Å². The van der Waals surface area contributed by atoms with Gasteiger partial charge < -0.3 is 21.1 Å². The Morgan fingerprint density at radius 3 is 2.78 bits per heavy atom. The molecule has 0 saturated carbocycles. The Labute approximate surface area is 135 Å². The van der Waals surface area contributed by atoms with Crippen LogP contribution in [0.1, 0.15) is 38.3 Å². The lowest BCUT2D eigenvalue weighted by Gasteiger charge is -2.20. The third-order valence-corrected chi connectivity index (χ3v) is 3.97. The van der Waals surface area contributed by atoms with Gasteiger partial charge in [-0.25, -0.2) is 0 Å². The quantitative estimate of drug-likeness (QED) is 0.601. The van der Waals surface area contributed by atoms with E-state index in [-0.39, 0.29) is 24.3 Å². The molecule has 0 unspecified atom stereocenters. The number of nitrogens with two attached hydrogens (primary N) is 1. The highest BCUT2D eigenvalue weighted by Crippen LogP contribution is 2.26. The van der Waals surface area contributed by atoms with Crippen LogP contribution < -0.4 is 16.4 Å². The molecule has 5 N–H and O–H groups in total. The van der Waals surface area contributed by atoms with Crippen molar-refractivity contribution in [3.63, 3.8) is 0 Å². The summed E-state index contributed by atoms with van der Waals surface area (Å²) in [5, 5.41) is 12.2. The van der Waals surface area contributed by atoms with Crippen molar-refractivity contribution >= 4 is 17.6 Å². The number of amides is 2. The molecule has 0 bridgehead atoms. The molecule has 1 aliphatic heterocycles. The molecule has 1 saturated heterocycles. The molecule has 2 amide bonds. The van der Waals surface area contributed by atoms with E-state index in [4.69, 9.17) is 10.5 Å². The van der Waals surface area contributed by atoms with E-state index < -0.39 is 6.04 Å². The molecule has 1 aliphatic rings. The summed E-state index contributed by atoms with van der Waals surface area (Å²) in [5.74, 6) is 0.190. The van der Waals surface area contributed by atoms with Gasteiger partial charge in [0, 0.05) is 30.9 Å². The third kappa shape index (κ3) is 5.04. The van der Waals surface area contributed by atoms with Crippen LogP contribution in [-0.4, -0.2) is 47.8 Å². The minimum absolute atomic E-state index is 0.0198. The fraction of sp³-hybridized carbons (Fsp3) is 0.667. The topological polar surface area (TPSA) is 122 Å². The second-order valence-electron chi connectivity index (χ2n) is 6.13. The maximum absolute atomic E-state index is 11.9. The van der Waals surface area contributed by atoms with Crippen LogP contribution in [0.2, 0.25) is 0 Å². The van der Waals surface area contributed by atoms with E-state index in [1.54, 1.807) is 0 Å². The summed E-state index contributed by atoms with van der Waals surface area (Å²) < 4.78 is 5.33. The number of nitrogens with one attached hydrogen (secondary N) is 3. The lowest BCUT2D eigenvalue weighted by Crippen LogP contribution is -2.46. The monoisotopic (exact) mass is 323 g/mol. The fourth-order valence-corrected chi connectivity index (χ4v) is 2.39. The highest BCUT2D eigenvalue weighted by atomic mass is 16.5. The van der Waals surface area contributed by atoms with Gasteiger partial charge in [-0.3, -0.25) is 14.7 Å². The zero-order valence-electron chi connectivity index (χ0n) is 13.6. The molecular weight excluding hydrogens is 298 g/mol. The molecule has 23 heavy (non-hydrogen) atoms. The fourth-order valence-electron chi connectivity index (χ4n) is 2.39. The molecule has 1 fully saturated rings. The van der Waals surface area contributed by atoms with E-state index in [0.717, 1.165) is 31.7 Å². The summed E-state index contributed by atoms with van der Waals surface area (Å²) in [7, 11) is 0. The van der Waals surface area contributed by atoms with Gasteiger partial charge in [0.1, 0.15) is 0 Å². The van der Waals surface area contributed by atoms with Gasteiger partial charge in [0.2, 0.25) is 11.8 Å². The van der Waals surface area contributed by atoms with E-state index in [0.29, 0.717) is 11.7 Å². The van der Waals surface area contributed by atoms with Crippen molar-refractivity contribution in [2.24, 2.45) is 11.7 Å². The van der Waals surface area contributed by atoms with Crippen LogP contribution in [-0.2, 0) is 14.3 Å². The van der Waals surface area contributed by atoms with Crippen LogP contribution in [0.25, 0.3) is 0 Å². The van der Waals surface area contributed by atoms with Gasteiger partial charge in [-0.05, 0) is 18.8 Å². The summed E-state index contributed by atoms with van der Waals surface area (Å²) in [5.41, 5.74) is 6.71. The van der Waals surface area contributed by atoms with Gasteiger partial charge in [0.05, 0.1) is 12.6 Å². The first-order valence-electron chi connectivity index (χ1n) is 7.93. The van der Waals surface area contributed by atoms with Crippen molar-refractivity contribution in [2.45, 2.75) is 38.6 Å². The average molecular weight is 323 g/mol. The summed E-state index contributed by atoms with van der Waals surface area (Å²) >= 11 is 0. The normalized spacial score (nSPS) is 17.0. The second kappa shape index (κ2) is 8.07. The summed E-state index contributed by atoms with van der Waals surface area (Å²) in [6, 6.07) is 1.21. The molecule has 1 atom stereocenters. The number of hydrogen-bond donors (Lipinski definition) is 4. The number of rotatable bonds is 6. The number of ether oxygens (including phenoxy) is 1. The van der Waals surface area contributed by atoms with Crippen LogP contribution in [0.15, 0.2) is 6.07 Å². The number of hydrogen-bond acceptors (Lipinski definition) is 5. The van der Waals surface area contributed by atoms with Gasteiger partial charge in [-0.15, -0.1) is 0 Å². The van der Waals surface area contributed by atoms with Gasteiger partial charge in [0.25, 0.3) is 0 Å². The van der Waals surface area contributed by atoms with E-state index in [1.165, 1.54) is 0 Å². The van der Waals surface area contributed by atoms with Crippen molar-refractivity contribution in [3.05, 3.63) is 11.8 Å². The SMILES string of the molecule is CC(C)[C@H](N)C(=O)NCC(=O)Nc1cc(C2CCOCC2)[nH]n1. The Balaban J connectivity index is 1.79. The number of nitrogens with zero attached hydrogens (tertiary/aromatic N) is 1. The van der Waals surface area contributed by atoms with Crippen LogP contribution in [0.3, 0.4) is 0 Å². The molecule has 8 nitrogen and oxygen atoms in total. The number of aromatic nitrogens is 2. The van der Waals surface area contributed by atoms with Gasteiger partial charge >= 0.3 is 0 Å². The van der Waals surface area contributed by atoms with Crippen LogP contribution in [0, 0.1) is 5.92 Å². The molecule has 2 heterocycles. The average Bonchev–Trinajstić information content (AvgIpc) is 3.01. The molecule has 8 heteroatoms. The second-order valence-corrected chi connectivity index (χ2v) is 6.13. The predicted molar refractivity (Wildman–Crippen MR) is 85.8 cm³/mol. The van der Waals surface area contributed by atoms with Crippen molar-refractivity contribution in [2.75, 3.05) is 25.1 Å². The number of H-pyrrole nitrogens is 1. The first-order chi connectivity index (χ1) is 11.0.